The molecule has 2 fully saturated rings. The first-order valence-electron chi connectivity index (χ1n) is 8.51. The smallest absolute Gasteiger partial charge is 1.00 e. The molecule has 0 spiro atoms. The number of hydrogen-bond acceptors (Lipinski definition) is 5. The quantitative estimate of drug-likeness (QED) is 0.436. The number of aliphatic carboxylic acids is 1. The van der Waals surface area contributed by atoms with Crippen molar-refractivity contribution in [1.29, 1.82) is 0 Å². The fourth-order valence-corrected chi connectivity index (χ4v) is 5.00. The first-order valence-corrected chi connectivity index (χ1v) is 9.39. The molecule has 2 heterocycles. The van der Waals surface area contributed by atoms with E-state index in [1.165, 1.54) is 16.7 Å². The van der Waals surface area contributed by atoms with E-state index in [0.29, 0.717) is 12.2 Å². The molecule has 142 valence electrons. The number of thioether (sulfide) groups is 1. The molecule has 0 radical (unpaired) electrons. The van der Waals surface area contributed by atoms with Crippen molar-refractivity contribution < 1.29 is 77.0 Å². The van der Waals surface area contributed by atoms with Crippen LogP contribution in [0.25, 0.3) is 0 Å². The molecule has 1 aromatic rings. The average molecular weight is 419 g/mol. The predicted molar refractivity (Wildman–Crippen MR) is 97.9 cm³/mol. The Bertz CT molecular complexity index is 736. The van der Waals surface area contributed by atoms with Crippen molar-refractivity contribution in [2.75, 3.05) is 0 Å². The minimum atomic E-state index is -1.03. The largest absolute Gasteiger partial charge is 1.00 e. The molecule has 27 heavy (non-hydrogen) atoms. The number of nitrogens with one attached hydrogen (secondary N) is 1. The first kappa shape index (κ1) is 22.7. The molecule has 4 atom stereocenters. The van der Waals surface area contributed by atoms with Gasteiger partial charge in [0.25, 0.3) is 5.91 Å². The van der Waals surface area contributed by atoms with Gasteiger partial charge in [-0.15, -0.1) is 11.8 Å². The maximum absolute atomic E-state index is 12.6. The van der Waals surface area contributed by atoms with Gasteiger partial charge >= 0.3 is 57.4 Å². The van der Waals surface area contributed by atoms with E-state index in [1.807, 2.05) is 25.1 Å². The number of nitrogens with zero attached hydrogens (tertiary/aromatic N) is 1. The van der Waals surface area contributed by atoms with Crippen molar-refractivity contribution in [3.8, 4) is 5.75 Å². The van der Waals surface area contributed by atoms with Gasteiger partial charge in [0.15, 0.2) is 6.10 Å². The number of para-hydroxylation sites is 1. The maximum Gasteiger partial charge on any atom is 1.00 e. The predicted octanol–water partition coefficient (Wildman–Crippen LogP) is -1.41. The number of rotatable bonds is 6. The molecule has 0 aliphatic carbocycles. The van der Waals surface area contributed by atoms with Crippen LogP contribution in [-0.4, -0.2) is 56.1 Å². The monoisotopic (exact) mass is 418 g/mol. The number of carbonyl (C=O) groups is 3. The van der Waals surface area contributed by atoms with Crippen molar-refractivity contribution in [1.82, 2.24) is 10.2 Å². The average Bonchev–Trinajstić information content (AvgIpc) is 2.86. The summed E-state index contributed by atoms with van der Waals surface area (Å²) in [4.78, 5) is 37.9. The van der Waals surface area contributed by atoms with Gasteiger partial charge in [0.05, 0.1) is 0 Å². The summed E-state index contributed by atoms with van der Waals surface area (Å²) in [6.07, 6.45) is -0.263. The number of carboxylic acids is 1. The fraction of sp³-hybridized carbons (Fsp3) is 0.500. The second-order valence-electron chi connectivity index (χ2n) is 6.91. The van der Waals surface area contributed by atoms with Crippen LogP contribution in [0.3, 0.4) is 0 Å². The van der Waals surface area contributed by atoms with Gasteiger partial charge in [-0.3, -0.25) is 9.59 Å². The molecular formula is C18H23KN2O5S. The molecule has 2 aliphatic rings. The van der Waals surface area contributed by atoms with Crippen LogP contribution in [0.1, 0.15) is 28.6 Å². The Kier molecular flexibility index (Phi) is 7.43. The fourth-order valence-electron chi connectivity index (χ4n) is 3.38. The summed E-state index contributed by atoms with van der Waals surface area (Å²) >= 11 is 1.40. The molecule has 0 saturated carbocycles. The van der Waals surface area contributed by atoms with E-state index in [1.54, 1.807) is 26.0 Å². The van der Waals surface area contributed by atoms with Crippen molar-refractivity contribution in [2.45, 2.75) is 55.5 Å². The molecular weight excluding hydrogens is 395 g/mol. The molecule has 0 aromatic heterocycles. The van der Waals surface area contributed by atoms with Gasteiger partial charge < -0.3 is 21.5 Å². The van der Waals surface area contributed by atoms with E-state index in [2.05, 4.69) is 5.32 Å². The number of carbonyl (C=O) groups excluding carboxylic acids is 2. The van der Waals surface area contributed by atoms with E-state index >= 15 is 0 Å². The zero-order valence-corrected chi connectivity index (χ0v) is 19.8. The Labute approximate surface area is 206 Å². The van der Waals surface area contributed by atoms with Crippen LogP contribution in [0.15, 0.2) is 30.3 Å². The van der Waals surface area contributed by atoms with Crippen LogP contribution in [0, 0.1) is 0 Å². The summed E-state index contributed by atoms with van der Waals surface area (Å²) in [6, 6.07) is 7.41. The van der Waals surface area contributed by atoms with Crippen molar-refractivity contribution in [3.63, 3.8) is 0 Å². The second-order valence-corrected chi connectivity index (χ2v) is 8.68. The molecule has 2 amide bonds. The van der Waals surface area contributed by atoms with Crippen LogP contribution in [0.2, 0.25) is 0 Å². The Balaban J connectivity index is 0.00000196. The van der Waals surface area contributed by atoms with Gasteiger partial charge in [-0.25, -0.2) is 4.79 Å². The van der Waals surface area contributed by atoms with E-state index in [4.69, 9.17) is 4.74 Å². The third-order valence-corrected chi connectivity index (χ3v) is 6.23. The summed E-state index contributed by atoms with van der Waals surface area (Å²) in [6.45, 7) is 5.43. The number of fused-ring (bicyclic) bond motifs is 1. The third kappa shape index (κ3) is 4.38. The minimum Gasteiger partial charge on any atom is -1.00 e. The van der Waals surface area contributed by atoms with E-state index in [9.17, 15) is 19.5 Å². The van der Waals surface area contributed by atoms with E-state index < -0.39 is 28.9 Å². The van der Waals surface area contributed by atoms with Crippen molar-refractivity contribution in [3.05, 3.63) is 30.3 Å². The number of benzene rings is 1. The Morgan fingerprint density at radius 3 is 2.56 bits per heavy atom. The van der Waals surface area contributed by atoms with Crippen LogP contribution in [0.5, 0.6) is 5.75 Å². The van der Waals surface area contributed by atoms with Gasteiger partial charge in [0, 0.05) is 4.75 Å². The van der Waals surface area contributed by atoms with Crippen molar-refractivity contribution in [2.24, 2.45) is 0 Å². The SMILES string of the molecule is CC[C@H](Oc1ccccc1)C(=O)N[C@@H]1C(=O)N2[C@@H]1SC(C)(C)[C@@H]2C(=O)O.[H-].[K+]. The summed E-state index contributed by atoms with van der Waals surface area (Å²) in [7, 11) is 0. The van der Waals surface area contributed by atoms with Crippen LogP contribution in [-0.2, 0) is 14.4 Å². The Morgan fingerprint density at radius 1 is 1.37 bits per heavy atom. The standard InChI is InChI=1S/C18H22N2O5S.K.H/c1-4-11(25-10-8-6-5-7-9-10)14(21)19-12-15(22)20-13(17(23)24)18(2,3)26-16(12)20;;/h5-9,11-13,16H,4H2,1-3H3,(H,19,21)(H,23,24);;/q;+1;-1/t11-,12+,13-,16+;;/m0../s1. The van der Waals surface area contributed by atoms with Gasteiger partial charge in [-0.2, -0.15) is 0 Å². The zero-order chi connectivity index (χ0) is 19.1. The maximum atomic E-state index is 12.6. The molecule has 2 aliphatic heterocycles. The van der Waals surface area contributed by atoms with Crippen molar-refractivity contribution >= 4 is 29.5 Å². The topological polar surface area (TPSA) is 95.9 Å². The number of carboxylic acid groups (broad SMARTS) is 1. The molecule has 1 aromatic carbocycles. The number of amides is 2. The number of β-lactam (4-membered cyclic amide) rings is 1. The van der Waals surface area contributed by atoms with Crippen LogP contribution < -0.4 is 61.4 Å². The Hall–Kier alpha value is -0.584. The summed E-state index contributed by atoms with van der Waals surface area (Å²) < 4.78 is 5.09. The van der Waals surface area contributed by atoms with Gasteiger partial charge in [0.2, 0.25) is 5.91 Å². The molecule has 9 heteroatoms. The molecule has 0 unspecified atom stereocenters. The zero-order valence-electron chi connectivity index (χ0n) is 16.8. The molecule has 2 N–H and O–H groups in total. The first-order chi connectivity index (χ1) is 12.3. The molecule has 3 rings (SSSR count). The summed E-state index contributed by atoms with van der Waals surface area (Å²) in [5, 5.41) is 11.8. The van der Waals surface area contributed by atoms with E-state index in [0.717, 1.165) is 0 Å². The Morgan fingerprint density at radius 2 is 2.00 bits per heavy atom. The van der Waals surface area contributed by atoms with Crippen LogP contribution in [0.4, 0.5) is 0 Å². The summed E-state index contributed by atoms with van der Waals surface area (Å²) in [5.74, 6) is -1.17. The number of hydrogen-bond donors (Lipinski definition) is 2. The normalized spacial score (nSPS) is 26.3. The van der Waals surface area contributed by atoms with Gasteiger partial charge in [-0.05, 0) is 32.4 Å². The number of ether oxygens (including phenoxy) is 1. The van der Waals surface area contributed by atoms with Gasteiger partial charge in [-0.1, -0.05) is 25.1 Å². The minimum absolute atomic E-state index is 0. The molecule has 0 bridgehead atoms. The molecule has 2 saturated heterocycles. The van der Waals surface area contributed by atoms with E-state index in [-0.39, 0.29) is 70.0 Å². The second kappa shape index (κ2) is 8.83. The third-order valence-electron chi connectivity index (χ3n) is 4.66. The van der Waals surface area contributed by atoms with Crippen LogP contribution >= 0.6 is 11.8 Å². The van der Waals surface area contributed by atoms with Gasteiger partial charge in [0.1, 0.15) is 23.2 Å². The summed E-state index contributed by atoms with van der Waals surface area (Å²) in [5.41, 5.74) is 0. The molecule has 7 nitrogen and oxygen atoms in total.